The first-order valence-electron chi connectivity index (χ1n) is 6.59. The first-order valence-corrected chi connectivity index (χ1v) is 7.38. The maximum Gasteiger partial charge on any atom is 0.227 e. The Labute approximate surface area is 122 Å². The predicted molar refractivity (Wildman–Crippen MR) is 81.9 cm³/mol. The number of halogens is 1. The smallest absolute Gasteiger partial charge is 0.227 e. The summed E-state index contributed by atoms with van der Waals surface area (Å²) in [6.07, 6.45) is 3.71. The van der Waals surface area contributed by atoms with Crippen LogP contribution >= 0.6 is 15.9 Å². The molecule has 5 heteroatoms. The van der Waals surface area contributed by atoms with Crippen molar-refractivity contribution in [3.63, 3.8) is 0 Å². The molecule has 1 aromatic rings. The third-order valence-corrected chi connectivity index (χ3v) is 4.15. The molecule has 2 atom stereocenters. The minimum absolute atomic E-state index is 0.00226. The van der Waals surface area contributed by atoms with Crippen LogP contribution in [0.1, 0.15) is 31.2 Å². The zero-order valence-corrected chi connectivity index (χ0v) is 12.7. The molecule has 0 aliphatic heterocycles. The topological polar surface area (TPSA) is 81.1 Å². The van der Waals surface area contributed by atoms with E-state index in [1.165, 1.54) is 0 Å². The highest BCUT2D eigenvalue weighted by Crippen LogP contribution is 2.30. The number of amides is 1. The summed E-state index contributed by atoms with van der Waals surface area (Å²) >= 11 is 3.42. The number of nitrogen functional groups attached to an aromatic ring is 1. The number of aryl methyl sites for hydroxylation is 1. The fourth-order valence-electron chi connectivity index (χ4n) is 2.56. The molecule has 5 N–H and O–H groups in total. The number of nitrogens with two attached hydrogens (primary N) is 2. The summed E-state index contributed by atoms with van der Waals surface area (Å²) < 4.78 is 0.912. The molecular formula is C14H20BrN3O. The Morgan fingerprint density at radius 1 is 1.42 bits per heavy atom. The van der Waals surface area contributed by atoms with Gasteiger partial charge in [0.1, 0.15) is 0 Å². The summed E-state index contributed by atoms with van der Waals surface area (Å²) in [5, 5.41) is 2.93. The molecule has 0 saturated heterocycles. The first kappa shape index (κ1) is 14.3. The number of anilines is 2. The Balaban J connectivity index is 2.10. The highest BCUT2D eigenvalue weighted by Gasteiger charge is 2.25. The van der Waals surface area contributed by atoms with Crippen molar-refractivity contribution in [1.29, 1.82) is 0 Å². The summed E-state index contributed by atoms with van der Waals surface area (Å²) in [7, 11) is 0. The molecule has 104 valence electrons. The molecule has 0 aromatic heterocycles. The molecule has 1 amide bonds. The lowest BCUT2D eigenvalue weighted by Gasteiger charge is -2.26. The number of hydrogen-bond acceptors (Lipinski definition) is 3. The Morgan fingerprint density at radius 3 is 2.84 bits per heavy atom. The first-order chi connectivity index (χ1) is 8.97. The lowest BCUT2D eigenvalue weighted by molar-refractivity contribution is -0.120. The molecule has 1 aliphatic rings. The molecule has 0 heterocycles. The van der Waals surface area contributed by atoms with Crippen LogP contribution in [0, 0.1) is 12.8 Å². The van der Waals surface area contributed by atoms with Gasteiger partial charge in [0.05, 0.1) is 11.4 Å². The van der Waals surface area contributed by atoms with Gasteiger partial charge in [0.2, 0.25) is 5.91 Å². The van der Waals surface area contributed by atoms with Gasteiger partial charge in [0.25, 0.3) is 0 Å². The van der Waals surface area contributed by atoms with Crippen LogP contribution in [-0.4, -0.2) is 11.9 Å². The summed E-state index contributed by atoms with van der Waals surface area (Å²) in [6, 6.07) is 3.91. The van der Waals surface area contributed by atoms with Crippen LogP contribution in [0.3, 0.4) is 0 Å². The van der Waals surface area contributed by atoms with E-state index in [9.17, 15) is 4.79 Å². The lowest BCUT2D eigenvalue weighted by Crippen LogP contribution is -2.34. The van der Waals surface area contributed by atoms with Crippen molar-refractivity contribution in [1.82, 2.24) is 0 Å². The Morgan fingerprint density at radius 2 is 2.16 bits per heavy atom. The van der Waals surface area contributed by atoms with E-state index in [4.69, 9.17) is 11.5 Å². The van der Waals surface area contributed by atoms with Gasteiger partial charge in [-0.2, -0.15) is 0 Å². The normalized spacial score (nSPS) is 23.1. The van der Waals surface area contributed by atoms with Crippen molar-refractivity contribution in [3.8, 4) is 0 Å². The van der Waals surface area contributed by atoms with Gasteiger partial charge >= 0.3 is 0 Å². The average Bonchev–Trinajstić information content (AvgIpc) is 2.35. The van der Waals surface area contributed by atoms with Crippen LogP contribution in [0.5, 0.6) is 0 Å². The Bertz CT molecular complexity index is 490. The van der Waals surface area contributed by atoms with Crippen molar-refractivity contribution in [2.45, 2.75) is 38.6 Å². The van der Waals surface area contributed by atoms with Gasteiger partial charge in [0, 0.05) is 16.4 Å². The van der Waals surface area contributed by atoms with Crippen LogP contribution in [0.2, 0.25) is 0 Å². The molecule has 1 fully saturated rings. The molecule has 2 rings (SSSR count). The number of nitrogens with one attached hydrogen (secondary N) is 1. The third-order valence-electron chi connectivity index (χ3n) is 3.70. The van der Waals surface area contributed by atoms with Crippen LogP contribution in [0.25, 0.3) is 0 Å². The lowest BCUT2D eigenvalue weighted by atomic mass is 9.85. The molecule has 0 spiro atoms. The van der Waals surface area contributed by atoms with E-state index in [0.717, 1.165) is 35.7 Å². The average molecular weight is 326 g/mol. The second kappa shape index (κ2) is 5.92. The molecule has 4 nitrogen and oxygen atoms in total. The van der Waals surface area contributed by atoms with Crippen molar-refractivity contribution < 1.29 is 4.79 Å². The Kier molecular flexibility index (Phi) is 4.47. The van der Waals surface area contributed by atoms with Gasteiger partial charge in [-0.3, -0.25) is 4.79 Å². The maximum atomic E-state index is 12.3. The van der Waals surface area contributed by atoms with E-state index in [1.807, 2.05) is 19.1 Å². The number of carbonyl (C=O) groups is 1. The zero-order chi connectivity index (χ0) is 14.0. The third kappa shape index (κ3) is 3.48. The fraction of sp³-hybridized carbons (Fsp3) is 0.500. The van der Waals surface area contributed by atoms with E-state index >= 15 is 0 Å². The molecule has 19 heavy (non-hydrogen) atoms. The molecule has 2 unspecified atom stereocenters. The van der Waals surface area contributed by atoms with Gasteiger partial charge < -0.3 is 16.8 Å². The Hall–Kier alpha value is -1.07. The molecular weight excluding hydrogens is 306 g/mol. The second-order valence-electron chi connectivity index (χ2n) is 5.30. The predicted octanol–water partition coefficient (Wildman–Crippen LogP) is 2.80. The van der Waals surface area contributed by atoms with Crippen LogP contribution < -0.4 is 16.8 Å². The van der Waals surface area contributed by atoms with Crippen molar-refractivity contribution in [3.05, 3.63) is 22.2 Å². The number of carbonyl (C=O) groups excluding carboxylic acids is 1. The number of benzene rings is 1. The molecule has 0 bridgehead atoms. The molecule has 1 saturated carbocycles. The van der Waals surface area contributed by atoms with Gasteiger partial charge in [0.15, 0.2) is 0 Å². The summed E-state index contributed by atoms with van der Waals surface area (Å²) in [4.78, 5) is 12.3. The van der Waals surface area contributed by atoms with Crippen molar-refractivity contribution in [2.24, 2.45) is 11.7 Å². The SMILES string of the molecule is Cc1cc(Br)cc(NC(=O)C2CCCC(N)C2)c1N. The van der Waals surface area contributed by atoms with Gasteiger partial charge in [-0.1, -0.05) is 22.4 Å². The summed E-state index contributed by atoms with van der Waals surface area (Å²) in [5.74, 6) is 0.0294. The number of rotatable bonds is 2. The second-order valence-corrected chi connectivity index (χ2v) is 6.21. The monoisotopic (exact) mass is 325 g/mol. The maximum absolute atomic E-state index is 12.3. The van der Waals surface area contributed by atoms with E-state index in [0.29, 0.717) is 11.4 Å². The largest absolute Gasteiger partial charge is 0.397 e. The van der Waals surface area contributed by atoms with Crippen LogP contribution in [-0.2, 0) is 4.79 Å². The summed E-state index contributed by atoms with van der Waals surface area (Å²) in [5.41, 5.74) is 14.2. The van der Waals surface area contributed by atoms with Crippen molar-refractivity contribution >= 4 is 33.2 Å². The van der Waals surface area contributed by atoms with Crippen LogP contribution in [0.15, 0.2) is 16.6 Å². The minimum Gasteiger partial charge on any atom is -0.397 e. The van der Waals surface area contributed by atoms with Gasteiger partial charge in [-0.05, 0) is 43.9 Å². The van der Waals surface area contributed by atoms with E-state index in [1.54, 1.807) is 0 Å². The molecule has 1 aliphatic carbocycles. The quantitative estimate of drug-likeness (QED) is 0.731. The van der Waals surface area contributed by atoms with E-state index < -0.39 is 0 Å². The fourth-order valence-corrected chi connectivity index (χ4v) is 3.13. The van der Waals surface area contributed by atoms with E-state index in [-0.39, 0.29) is 17.9 Å². The van der Waals surface area contributed by atoms with Gasteiger partial charge in [-0.25, -0.2) is 0 Å². The zero-order valence-electron chi connectivity index (χ0n) is 11.1. The molecule has 1 aromatic carbocycles. The highest BCUT2D eigenvalue weighted by molar-refractivity contribution is 9.10. The molecule has 0 radical (unpaired) electrons. The van der Waals surface area contributed by atoms with Gasteiger partial charge in [-0.15, -0.1) is 0 Å². The van der Waals surface area contributed by atoms with E-state index in [2.05, 4.69) is 21.2 Å². The number of hydrogen-bond donors (Lipinski definition) is 3. The van der Waals surface area contributed by atoms with Crippen molar-refractivity contribution in [2.75, 3.05) is 11.1 Å². The standard InChI is InChI=1S/C14H20BrN3O/c1-8-5-10(15)7-12(13(8)17)18-14(19)9-3-2-4-11(16)6-9/h5,7,9,11H,2-4,6,16-17H2,1H3,(H,18,19). The highest BCUT2D eigenvalue weighted by atomic mass is 79.9. The minimum atomic E-state index is 0.00226. The summed E-state index contributed by atoms with van der Waals surface area (Å²) in [6.45, 7) is 1.92. The van der Waals surface area contributed by atoms with Crippen LogP contribution in [0.4, 0.5) is 11.4 Å².